The molecule has 2 heterocycles. The van der Waals surface area contributed by atoms with Crippen LogP contribution in [-0.4, -0.2) is 19.6 Å². The fourth-order valence-corrected chi connectivity index (χ4v) is 8.62. The third kappa shape index (κ3) is 8.10. The molecule has 63 heavy (non-hydrogen) atoms. The van der Waals surface area contributed by atoms with Crippen LogP contribution in [-0.2, 0) is 10.8 Å². The molecule has 312 valence electrons. The summed E-state index contributed by atoms with van der Waals surface area (Å²) >= 11 is 0. The van der Waals surface area contributed by atoms with Crippen LogP contribution in [0.3, 0.4) is 0 Å². The Bertz CT molecular complexity index is 3380. The van der Waals surface area contributed by atoms with E-state index in [-0.39, 0.29) is 16.7 Å². The molecule has 0 unspecified atom stereocenters. The van der Waals surface area contributed by atoms with Gasteiger partial charge in [-0.05, 0) is 133 Å². The van der Waals surface area contributed by atoms with Crippen molar-refractivity contribution in [2.24, 2.45) is 0 Å². The summed E-state index contributed by atoms with van der Waals surface area (Å²) in [5, 5.41) is 11.4. The molecule has 0 saturated heterocycles. The van der Waals surface area contributed by atoms with E-state index in [9.17, 15) is 6.48 Å². The molecule has 0 aliphatic carbocycles. The highest BCUT2D eigenvalue weighted by Crippen LogP contribution is 2.42. The van der Waals surface area contributed by atoms with Crippen LogP contribution in [0, 0.1) is 0 Å². The van der Waals surface area contributed by atoms with Crippen LogP contribution in [0.15, 0.2) is 176 Å². The van der Waals surface area contributed by atoms with Crippen LogP contribution in [0.25, 0.3) is 83.9 Å². The second-order valence-electron chi connectivity index (χ2n) is 17.8. The van der Waals surface area contributed by atoms with Crippen molar-refractivity contribution in [3.63, 3.8) is 0 Å². The number of phenols is 1. The number of benzene rings is 7. The number of aromatic nitrogens is 3. The molecule has 0 bridgehead atoms. The van der Waals surface area contributed by atoms with Gasteiger partial charge in [0.05, 0.1) is 22.3 Å². The van der Waals surface area contributed by atoms with E-state index in [1.807, 2.05) is 68.4 Å². The van der Waals surface area contributed by atoms with Gasteiger partial charge in [-0.2, -0.15) is 0 Å². The second-order valence-corrected chi connectivity index (χ2v) is 17.8. The third-order valence-corrected chi connectivity index (χ3v) is 11.9. The average Bonchev–Trinajstić information content (AvgIpc) is 3.72. The minimum Gasteiger partial charge on any atom is -0.507 e. The standard InChI is InChI=1S/C59H55N3O/c1-38(2)51-37-46(29-30-48(51)49-19-12-14-22-52(49)59(6,7)8)62-54-23-16-21-47(56(54)61-57(62)50-20-13-15-24-55(50)63)43-33-42(39-17-10-9-11-18-39)34-44(35-43)53-36-41(31-32-60-53)40-25-27-45(28-26-40)58(3,4)5/h9-38,63H,1-8H3/i3D3,4D3,38D. The zero-order chi connectivity index (χ0) is 50.0. The lowest BCUT2D eigenvalue weighted by molar-refractivity contribution is 0.477. The van der Waals surface area contributed by atoms with E-state index >= 15 is 0 Å². The van der Waals surface area contributed by atoms with Gasteiger partial charge in [-0.15, -0.1) is 0 Å². The normalized spacial score (nSPS) is 14.2. The van der Waals surface area contributed by atoms with Gasteiger partial charge in [-0.25, -0.2) is 4.98 Å². The molecule has 0 spiro atoms. The van der Waals surface area contributed by atoms with Gasteiger partial charge in [0, 0.05) is 32.6 Å². The predicted octanol–water partition coefficient (Wildman–Crippen LogP) is 15.8. The zero-order valence-corrected chi connectivity index (χ0v) is 36.5. The molecule has 9 aromatic rings. The fourth-order valence-electron chi connectivity index (χ4n) is 8.62. The molecule has 1 N–H and O–H groups in total. The number of imidazole rings is 1. The number of para-hydroxylation sites is 2. The van der Waals surface area contributed by atoms with Crippen LogP contribution in [0.1, 0.15) is 87.4 Å². The molecule has 4 heteroatoms. The average molecular weight is 829 g/mol. The lowest BCUT2D eigenvalue weighted by Gasteiger charge is -2.25. The molecule has 7 aromatic carbocycles. The smallest absolute Gasteiger partial charge is 0.149 e. The first kappa shape index (κ1) is 33.6. The highest BCUT2D eigenvalue weighted by Gasteiger charge is 2.24. The number of nitrogens with zero attached hydrogens (tertiary/aromatic N) is 3. The minimum atomic E-state index is -2.76. The van der Waals surface area contributed by atoms with Crippen molar-refractivity contribution < 1.29 is 14.7 Å². The summed E-state index contributed by atoms with van der Waals surface area (Å²) in [5.41, 5.74) is 11.9. The predicted molar refractivity (Wildman–Crippen MR) is 265 cm³/mol. The molecule has 0 atom stereocenters. The van der Waals surface area contributed by atoms with Gasteiger partial charge in [-0.1, -0.05) is 164 Å². The second kappa shape index (κ2) is 16.3. The molecule has 0 aliphatic heterocycles. The van der Waals surface area contributed by atoms with Crippen molar-refractivity contribution >= 4 is 11.0 Å². The maximum Gasteiger partial charge on any atom is 0.149 e. The van der Waals surface area contributed by atoms with Gasteiger partial charge in [0.2, 0.25) is 0 Å². The third-order valence-electron chi connectivity index (χ3n) is 11.9. The molecular weight excluding hydrogens is 767 g/mol. The topological polar surface area (TPSA) is 50.9 Å². The fraction of sp³-hybridized carbons (Fsp3) is 0.186. The number of fused-ring (bicyclic) bond motifs is 1. The van der Waals surface area contributed by atoms with E-state index in [2.05, 4.69) is 104 Å². The van der Waals surface area contributed by atoms with E-state index in [4.69, 9.17) is 18.2 Å². The van der Waals surface area contributed by atoms with Crippen LogP contribution in [0.2, 0.25) is 0 Å². The summed E-state index contributed by atoms with van der Waals surface area (Å²) in [6.07, 6.45) is 1.74. The first-order chi connectivity index (χ1) is 33.0. The van der Waals surface area contributed by atoms with Crippen molar-refractivity contribution in [2.45, 2.75) is 72.0 Å². The maximum atomic E-state index is 11.4. The first-order valence-electron chi connectivity index (χ1n) is 24.9. The van der Waals surface area contributed by atoms with Gasteiger partial charge in [-0.3, -0.25) is 9.55 Å². The number of hydrogen-bond donors (Lipinski definition) is 1. The van der Waals surface area contributed by atoms with E-state index in [1.165, 1.54) is 12.5 Å². The Labute approximate surface area is 382 Å². The van der Waals surface area contributed by atoms with Gasteiger partial charge >= 0.3 is 0 Å². The van der Waals surface area contributed by atoms with Crippen LogP contribution in [0.4, 0.5) is 0 Å². The van der Waals surface area contributed by atoms with Gasteiger partial charge < -0.3 is 5.11 Å². The van der Waals surface area contributed by atoms with Crippen molar-refractivity contribution in [3.8, 4) is 78.6 Å². The summed E-state index contributed by atoms with van der Waals surface area (Å²) in [7, 11) is 0. The molecule has 4 nitrogen and oxygen atoms in total. The number of pyridine rings is 1. The largest absolute Gasteiger partial charge is 0.507 e. The first-order valence-corrected chi connectivity index (χ1v) is 21.4. The van der Waals surface area contributed by atoms with Crippen molar-refractivity contribution in [1.82, 2.24) is 14.5 Å². The van der Waals surface area contributed by atoms with Crippen LogP contribution in [0.5, 0.6) is 5.75 Å². The van der Waals surface area contributed by atoms with E-state index < -0.39 is 25.0 Å². The highest BCUT2D eigenvalue weighted by molar-refractivity contribution is 5.98. The Morgan fingerprint density at radius 2 is 1.22 bits per heavy atom. The summed E-state index contributed by atoms with van der Waals surface area (Å²) < 4.78 is 60.5. The van der Waals surface area contributed by atoms with E-state index in [0.29, 0.717) is 22.6 Å². The minimum absolute atomic E-state index is 0.0925. The summed E-state index contributed by atoms with van der Waals surface area (Å²) in [5.74, 6) is -0.332. The zero-order valence-electron chi connectivity index (χ0n) is 43.5. The van der Waals surface area contributed by atoms with E-state index in [1.54, 1.807) is 42.6 Å². The summed E-state index contributed by atoms with van der Waals surface area (Å²) in [6, 6.07) is 55.2. The van der Waals surface area contributed by atoms with Gasteiger partial charge in [0.25, 0.3) is 0 Å². The van der Waals surface area contributed by atoms with Crippen LogP contribution < -0.4 is 0 Å². The molecule has 0 fully saturated rings. The molecule has 0 radical (unpaired) electrons. The molecule has 0 saturated carbocycles. The van der Waals surface area contributed by atoms with Gasteiger partial charge in [0.15, 0.2) is 0 Å². The Kier molecular flexibility index (Phi) is 8.71. The Hall–Kier alpha value is -7.04. The molecule has 0 aliphatic rings. The number of hydrogen-bond acceptors (Lipinski definition) is 3. The molecular formula is C59H55N3O. The SMILES string of the molecule is [2H]C(C)(C)c1cc(-n2c(-c3ccccc3O)nc3c(-c4cc(-c5ccccc5)cc(-c5cc(-c6ccc(C(C)(C([2H])([2H])[2H])C([2H])([2H])[2H])cc6)ccn5)c4)cccc32)ccc1-c1ccccc1C(C)(C)C. The number of phenolic OH excluding ortho intramolecular Hbond substituents is 1. The van der Waals surface area contributed by atoms with Crippen molar-refractivity contribution in [2.75, 3.05) is 0 Å². The van der Waals surface area contributed by atoms with Gasteiger partial charge in [0.1, 0.15) is 11.6 Å². The molecule has 9 rings (SSSR count). The number of rotatable bonds is 8. The quantitative estimate of drug-likeness (QED) is 0.166. The van der Waals surface area contributed by atoms with E-state index in [0.717, 1.165) is 66.8 Å². The highest BCUT2D eigenvalue weighted by atomic mass is 16.3. The van der Waals surface area contributed by atoms with Crippen LogP contribution >= 0.6 is 0 Å². The number of aromatic hydroxyl groups is 1. The Balaban J connectivity index is 1.22. The molecule has 0 amide bonds. The monoisotopic (exact) mass is 828 g/mol. The summed E-state index contributed by atoms with van der Waals surface area (Å²) in [6.45, 7) is 6.23. The maximum absolute atomic E-state index is 11.4. The Morgan fingerprint density at radius 1 is 0.556 bits per heavy atom. The van der Waals surface area contributed by atoms with Crippen molar-refractivity contribution in [1.29, 1.82) is 0 Å². The lowest BCUT2D eigenvalue weighted by atomic mass is 9.80. The molecule has 2 aromatic heterocycles. The van der Waals surface area contributed by atoms with Crippen molar-refractivity contribution in [3.05, 3.63) is 193 Å². The summed E-state index contributed by atoms with van der Waals surface area (Å²) in [4.78, 5) is 10.3. The Morgan fingerprint density at radius 3 is 1.95 bits per heavy atom. The lowest BCUT2D eigenvalue weighted by Crippen LogP contribution is -2.13.